The molecule has 0 bridgehead atoms. The van der Waals surface area contributed by atoms with Crippen molar-refractivity contribution in [2.24, 2.45) is 5.92 Å². The van der Waals surface area contributed by atoms with Crippen molar-refractivity contribution < 1.29 is 9.53 Å². The maximum Gasteiger partial charge on any atom is 0.261 e. The van der Waals surface area contributed by atoms with Crippen molar-refractivity contribution in [1.29, 1.82) is 0 Å². The average Bonchev–Trinajstić information content (AvgIpc) is 2.73. The Hall–Kier alpha value is -2.49. The lowest BCUT2D eigenvalue weighted by molar-refractivity contribution is -0.127. The molecule has 31 heavy (non-hydrogen) atoms. The standard InChI is InChI=1S/C27H38N2O2/c1-19-8-7-17-29(18-19)24-13-9-22(10-14-24)20(2)28-26(30)21(3)31-25-15-11-23(12-16-25)27(4,5)6/h9-16,19-21H,7-8,17-18H2,1-6H3,(H,28,30)/t19-,20-,21-/m1/s1. The van der Waals surface area contributed by atoms with Gasteiger partial charge in [0.25, 0.3) is 5.91 Å². The molecule has 2 aromatic carbocycles. The van der Waals surface area contributed by atoms with Crippen LogP contribution in [0.15, 0.2) is 48.5 Å². The summed E-state index contributed by atoms with van der Waals surface area (Å²) < 4.78 is 5.87. The molecule has 0 aromatic heterocycles. The Morgan fingerprint density at radius 1 is 1.06 bits per heavy atom. The van der Waals surface area contributed by atoms with Gasteiger partial charge in [-0.1, -0.05) is 52.0 Å². The van der Waals surface area contributed by atoms with Crippen molar-refractivity contribution in [3.63, 3.8) is 0 Å². The smallest absolute Gasteiger partial charge is 0.261 e. The number of hydrogen-bond acceptors (Lipinski definition) is 3. The first kappa shape index (κ1) is 23.2. The molecule has 1 saturated heterocycles. The van der Waals surface area contributed by atoms with Crippen molar-refractivity contribution in [3.05, 3.63) is 59.7 Å². The molecule has 1 N–H and O–H groups in total. The fraction of sp³-hybridized carbons (Fsp3) is 0.519. The fourth-order valence-electron chi connectivity index (χ4n) is 4.10. The van der Waals surface area contributed by atoms with Crippen LogP contribution in [0.25, 0.3) is 0 Å². The summed E-state index contributed by atoms with van der Waals surface area (Å²) in [6, 6.07) is 16.5. The van der Waals surface area contributed by atoms with Crippen LogP contribution in [0, 0.1) is 5.92 Å². The van der Waals surface area contributed by atoms with E-state index >= 15 is 0 Å². The number of rotatable bonds is 6. The molecule has 1 amide bonds. The van der Waals surface area contributed by atoms with Gasteiger partial charge in [-0.15, -0.1) is 0 Å². The predicted octanol–water partition coefficient (Wildman–Crippen LogP) is 5.87. The van der Waals surface area contributed by atoms with Crippen molar-refractivity contribution in [2.75, 3.05) is 18.0 Å². The molecule has 2 aromatic rings. The second-order valence-electron chi connectivity index (χ2n) is 10.0. The number of nitrogens with one attached hydrogen (secondary N) is 1. The van der Waals surface area contributed by atoms with Crippen molar-refractivity contribution in [3.8, 4) is 5.75 Å². The first-order valence-corrected chi connectivity index (χ1v) is 11.6. The molecule has 3 atom stereocenters. The molecule has 4 nitrogen and oxygen atoms in total. The van der Waals surface area contributed by atoms with E-state index in [0.29, 0.717) is 5.75 Å². The van der Waals surface area contributed by atoms with Crippen LogP contribution in [0.1, 0.15) is 71.6 Å². The van der Waals surface area contributed by atoms with Crippen LogP contribution in [0.5, 0.6) is 5.75 Å². The molecule has 0 unspecified atom stereocenters. The lowest BCUT2D eigenvalue weighted by Gasteiger charge is -2.33. The van der Waals surface area contributed by atoms with Crippen LogP contribution >= 0.6 is 0 Å². The van der Waals surface area contributed by atoms with Gasteiger partial charge in [0.15, 0.2) is 6.10 Å². The molecule has 1 fully saturated rings. The van der Waals surface area contributed by atoms with E-state index < -0.39 is 6.10 Å². The summed E-state index contributed by atoms with van der Waals surface area (Å²) in [4.78, 5) is 15.1. The van der Waals surface area contributed by atoms with Gasteiger partial charge in [-0.2, -0.15) is 0 Å². The molecule has 1 aliphatic rings. The van der Waals surface area contributed by atoms with E-state index in [1.807, 2.05) is 19.1 Å². The summed E-state index contributed by atoms with van der Waals surface area (Å²) in [6.07, 6.45) is 2.02. The third kappa shape index (κ3) is 6.25. The number of anilines is 1. The zero-order valence-electron chi connectivity index (χ0n) is 19.9. The van der Waals surface area contributed by atoms with Gasteiger partial charge in [-0.25, -0.2) is 0 Å². The normalized spacial score (nSPS) is 18.9. The monoisotopic (exact) mass is 422 g/mol. The van der Waals surface area contributed by atoms with Gasteiger partial charge in [-0.05, 0) is 73.4 Å². The van der Waals surface area contributed by atoms with Crippen LogP contribution in [0.4, 0.5) is 5.69 Å². The Balaban J connectivity index is 1.54. The van der Waals surface area contributed by atoms with Crippen LogP contribution in [-0.4, -0.2) is 25.1 Å². The minimum absolute atomic E-state index is 0.0730. The number of benzene rings is 2. The third-order valence-electron chi connectivity index (χ3n) is 6.18. The van der Waals surface area contributed by atoms with Crippen molar-refractivity contribution in [1.82, 2.24) is 5.32 Å². The Bertz CT molecular complexity index is 852. The summed E-state index contributed by atoms with van der Waals surface area (Å²) >= 11 is 0. The van der Waals surface area contributed by atoms with E-state index in [9.17, 15) is 4.79 Å². The molecule has 3 rings (SSSR count). The summed E-state index contributed by atoms with van der Waals surface area (Å²) in [7, 11) is 0. The SMILES string of the molecule is C[C@@H]1CCCN(c2ccc([C@@H](C)NC(=O)[C@@H](C)Oc3ccc(C(C)(C)C)cc3)cc2)C1. The minimum Gasteiger partial charge on any atom is -0.481 e. The van der Waals surface area contributed by atoms with E-state index in [-0.39, 0.29) is 17.4 Å². The summed E-state index contributed by atoms with van der Waals surface area (Å²) in [6.45, 7) is 14.9. The number of hydrogen-bond donors (Lipinski definition) is 1. The van der Waals surface area contributed by atoms with Gasteiger partial charge in [0, 0.05) is 18.8 Å². The first-order valence-electron chi connectivity index (χ1n) is 11.6. The molecule has 1 heterocycles. The van der Waals surface area contributed by atoms with Gasteiger partial charge in [0.2, 0.25) is 0 Å². The van der Waals surface area contributed by atoms with Crippen molar-refractivity contribution >= 4 is 11.6 Å². The molecule has 0 spiro atoms. The number of carbonyl (C=O) groups excluding carboxylic acids is 1. The third-order valence-corrected chi connectivity index (χ3v) is 6.18. The fourth-order valence-corrected chi connectivity index (χ4v) is 4.10. The zero-order valence-corrected chi connectivity index (χ0v) is 19.9. The Morgan fingerprint density at radius 3 is 2.29 bits per heavy atom. The number of carbonyl (C=O) groups is 1. The van der Waals surface area contributed by atoms with Gasteiger partial charge >= 0.3 is 0 Å². The van der Waals surface area contributed by atoms with Gasteiger partial charge in [0.1, 0.15) is 5.75 Å². The van der Waals surface area contributed by atoms with E-state index in [1.54, 1.807) is 6.92 Å². The highest BCUT2D eigenvalue weighted by atomic mass is 16.5. The van der Waals surface area contributed by atoms with E-state index in [4.69, 9.17) is 4.74 Å². The number of ether oxygens (including phenoxy) is 1. The lowest BCUT2D eigenvalue weighted by Crippen LogP contribution is -2.37. The number of piperidine rings is 1. The Morgan fingerprint density at radius 2 is 1.71 bits per heavy atom. The summed E-state index contributed by atoms with van der Waals surface area (Å²) in [5.41, 5.74) is 3.71. The van der Waals surface area contributed by atoms with E-state index in [0.717, 1.165) is 24.6 Å². The molecule has 168 valence electrons. The predicted molar refractivity (Wildman–Crippen MR) is 129 cm³/mol. The average molecular weight is 423 g/mol. The van der Waals surface area contributed by atoms with Crippen LogP contribution in [0.2, 0.25) is 0 Å². The highest BCUT2D eigenvalue weighted by Crippen LogP contribution is 2.26. The zero-order chi connectivity index (χ0) is 22.6. The number of amides is 1. The Kier molecular flexibility index (Phi) is 7.30. The first-order chi connectivity index (χ1) is 14.6. The topological polar surface area (TPSA) is 41.6 Å². The molecule has 0 radical (unpaired) electrons. The largest absolute Gasteiger partial charge is 0.481 e. The van der Waals surface area contributed by atoms with Crippen LogP contribution < -0.4 is 15.0 Å². The molecular weight excluding hydrogens is 384 g/mol. The van der Waals surface area contributed by atoms with E-state index in [1.165, 1.54) is 24.1 Å². The molecule has 0 saturated carbocycles. The second kappa shape index (κ2) is 9.76. The minimum atomic E-state index is -0.558. The molecule has 0 aliphatic carbocycles. The summed E-state index contributed by atoms with van der Waals surface area (Å²) in [5, 5.41) is 3.08. The highest BCUT2D eigenvalue weighted by molar-refractivity contribution is 5.81. The van der Waals surface area contributed by atoms with Crippen molar-refractivity contribution in [2.45, 2.75) is 71.9 Å². The lowest BCUT2D eigenvalue weighted by atomic mass is 9.87. The van der Waals surface area contributed by atoms with E-state index in [2.05, 4.69) is 74.3 Å². The van der Waals surface area contributed by atoms with Gasteiger partial charge in [0.05, 0.1) is 6.04 Å². The van der Waals surface area contributed by atoms with Crippen LogP contribution in [-0.2, 0) is 10.2 Å². The number of nitrogens with zero attached hydrogens (tertiary/aromatic N) is 1. The molecule has 1 aliphatic heterocycles. The quantitative estimate of drug-likeness (QED) is 0.633. The highest BCUT2D eigenvalue weighted by Gasteiger charge is 2.20. The molecule has 4 heteroatoms. The van der Waals surface area contributed by atoms with Gasteiger partial charge in [-0.3, -0.25) is 4.79 Å². The molecular formula is C27H38N2O2. The Labute approximate surface area is 188 Å². The van der Waals surface area contributed by atoms with Crippen LogP contribution in [0.3, 0.4) is 0 Å². The van der Waals surface area contributed by atoms with Gasteiger partial charge < -0.3 is 15.0 Å². The maximum atomic E-state index is 12.7. The summed E-state index contributed by atoms with van der Waals surface area (Å²) in [5.74, 6) is 1.35. The maximum absolute atomic E-state index is 12.7. The second-order valence-corrected chi connectivity index (χ2v) is 10.0.